The van der Waals surface area contributed by atoms with Crippen molar-refractivity contribution in [3.05, 3.63) is 44.6 Å². The molecule has 0 saturated carbocycles. The van der Waals surface area contributed by atoms with Crippen LogP contribution in [0.15, 0.2) is 24.8 Å². The van der Waals surface area contributed by atoms with Gasteiger partial charge in [0, 0.05) is 50.8 Å². The lowest BCUT2D eigenvalue weighted by Gasteiger charge is -2.29. The maximum atomic E-state index is 4.86. The predicted molar refractivity (Wildman–Crippen MR) is 159 cm³/mol. The molecule has 0 aliphatic rings. The van der Waals surface area contributed by atoms with Crippen LogP contribution >= 0.6 is 45.3 Å². The van der Waals surface area contributed by atoms with Gasteiger partial charge < -0.3 is 0 Å². The molecule has 0 amide bonds. The summed E-state index contributed by atoms with van der Waals surface area (Å²) in [7, 11) is 0. The molecule has 0 unspecified atom stereocenters. The first-order valence-electron chi connectivity index (χ1n) is 12.4. The summed E-state index contributed by atoms with van der Waals surface area (Å²) in [4.78, 5) is 24.0. The van der Waals surface area contributed by atoms with Crippen molar-refractivity contribution in [1.82, 2.24) is 19.9 Å². The van der Waals surface area contributed by atoms with Crippen LogP contribution in [0.5, 0.6) is 0 Å². The molecule has 4 aromatic rings. The predicted octanol–water partition coefficient (Wildman–Crippen LogP) is 9.48. The van der Waals surface area contributed by atoms with Crippen molar-refractivity contribution >= 4 is 45.3 Å². The van der Waals surface area contributed by atoms with Crippen LogP contribution in [-0.2, 0) is 21.7 Å². The van der Waals surface area contributed by atoms with Gasteiger partial charge in [-0.3, -0.25) is 0 Å². The van der Waals surface area contributed by atoms with Crippen LogP contribution in [-0.4, -0.2) is 19.9 Å². The first kappa shape index (κ1) is 27.6. The molecule has 36 heavy (non-hydrogen) atoms. The zero-order valence-corrected chi connectivity index (χ0v) is 26.4. The van der Waals surface area contributed by atoms with E-state index in [1.807, 2.05) is 29.9 Å². The minimum Gasteiger partial charge on any atom is -0.248 e. The van der Waals surface area contributed by atoms with E-state index in [4.69, 9.17) is 9.97 Å². The lowest BCUT2D eigenvalue weighted by Crippen LogP contribution is -2.23. The third-order valence-electron chi connectivity index (χ3n) is 6.45. The maximum absolute atomic E-state index is 4.86. The highest BCUT2D eigenvalue weighted by molar-refractivity contribution is 7.22. The molecule has 4 rings (SSSR count). The Morgan fingerprint density at radius 3 is 1.47 bits per heavy atom. The highest BCUT2D eigenvalue weighted by Gasteiger charge is 2.31. The van der Waals surface area contributed by atoms with Gasteiger partial charge in [0.15, 0.2) is 10.0 Å². The fourth-order valence-electron chi connectivity index (χ4n) is 3.70. The highest BCUT2D eigenvalue weighted by Crippen LogP contribution is 2.43. The Kier molecular flexibility index (Phi) is 7.41. The van der Waals surface area contributed by atoms with E-state index in [9.17, 15) is 0 Å². The summed E-state index contributed by atoms with van der Waals surface area (Å²) in [6.45, 7) is 22.6. The first-order chi connectivity index (χ1) is 16.6. The van der Waals surface area contributed by atoms with Crippen molar-refractivity contribution in [3.8, 4) is 19.8 Å². The van der Waals surface area contributed by atoms with Crippen molar-refractivity contribution in [2.24, 2.45) is 0 Å². The second-order valence-electron chi connectivity index (χ2n) is 12.9. The van der Waals surface area contributed by atoms with E-state index in [0.29, 0.717) is 0 Å². The zero-order valence-electron chi connectivity index (χ0n) is 23.1. The summed E-state index contributed by atoms with van der Waals surface area (Å²) in [6.07, 6.45) is 10.2. The topological polar surface area (TPSA) is 51.6 Å². The van der Waals surface area contributed by atoms with Gasteiger partial charge in [0.05, 0.1) is 19.8 Å². The second-order valence-corrected chi connectivity index (χ2v) is 17.0. The Bertz CT molecular complexity index is 1220. The molecule has 4 heterocycles. The second kappa shape index (κ2) is 9.68. The number of thiazole rings is 4. The number of nitrogens with zero attached hydrogens (tertiary/aromatic N) is 4. The Hall–Kier alpha value is -1.48. The fourth-order valence-corrected chi connectivity index (χ4v) is 7.83. The minimum atomic E-state index is 0.00215. The fraction of sp³-hybridized carbons (Fsp3) is 0.571. The molecule has 0 bridgehead atoms. The van der Waals surface area contributed by atoms with Crippen LogP contribution < -0.4 is 0 Å². The van der Waals surface area contributed by atoms with Gasteiger partial charge >= 0.3 is 0 Å². The molecule has 4 nitrogen and oxygen atoms in total. The quantitative estimate of drug-likeness (QED) is 0.227. The van der Waals surface area contributed by atoms with Crippen molar-refractivity contribution in [3.63, 3.8) is 0 Å². The van der Waals surface area contributed by atoms with E-state index >= 15 is 0 Å². The molecule has 8 heteroatoms. The average molecular weight is 559 g/mol. The van der Waals surface area contributed by atoms with Crippen LogP contribution in [0.2, 0.25) is 0 Å². The number of hydrogen-bond donors (Lipinski definition) is 0. The average Bonchev–Trinajstić information content (AvgIpc) is 3.55. The summed E-state index contributed by atoms with van der Waals surface area (Å²) < 4.78 is 0. The summed E-state index contributed by atoms with van der Waals surface area (Å²) in [5.74, 6) is 0. The molecule has 0 aliphatic heterocycles. The van der Waals surface area contributed by atoms with Crippen LogP contribution in [0.25, 0.3) is 19.8 Å². The molecule has 194 valence electrons. The molecule has 0 spiro atoms. The maximum Gasteiger partial charge on any atom is 0.152 e. The normalized spacial score (nSPS) is 13.5. The monoisotopic (exact) mass is 558 g/mol. The Morgan fingerprint density at radius 2 is 0.972 bits per heavy atom. The number of aromatic nitrogens is 4. The van der Waals surface area contributed by atoms with Crippen molar-refractivity contribution < 1.29 is 0 Å². The Balaban J connectivity index is 1.45. The SMILES string of the molecule is CC(C)(C)c1cnc(-c2ncc(C(C)(C)CCC(C)(C)c3ncc(-c4cnc(C(C)(C)C)s4)s3)s2)s1. The molecule has 0 aromatic carbocycles. The Morgan fingerprint density at radius 1 is 0.500 bits per heavy atom. The molecular formula is C28H38N4S4. The first-order valence-corrected chi connectivity index (χ1v) is 15.7. The summed E-state index contributed by atoms with van der Waals surface area (Å²) in [5, 5.41) is 4.42. The molecule has 0 N–H and O–H groups in total. The zero-order chi connectivity index (χ0) is 26.5. The summed E-state index contributed by atoms with van der Waals surface area (Å²) >= 11 is 7.14. The molecule has 0 radical (unpaired) electrons. The lowest BCUT2D eigenvalue weighted by atomic mass is 9.79. The van der Waals surface area contributed by atoms with Gasteiger partial charge in [-0.15, -0.1) is 45.3 Å². The van der Waals surface area contributed by atoms with E-state index in [2.05, 4.69) is 85.4 Å². The number of hydrogen-bond acceptors (Lipinski definition) is 8. The Labute approximate surface area is 232 Å². The van der Waals surface area contributed by atoms with Crippen molar-refractivity contribution in [2.75, 3.05) is 0 Å². The van der Waals surface area contributed by atoms with Gasteiger partial charge in [-0.2, -0.15) is 0 Å². The van der Waals surface area contributed by atoms with Crippen LogP contribution in [0.1, 0.15) is 102 Å². The molecular weight excluding hydrogens is 521 g/mol. The standard InChI is InChI=1S/C28H38N4S4/c1-25(2,3)19-15-29-21(35-19)22-30-16-20(36-22)27(7,8)11-12-28(9,10)24-32-14-18(34-24)17-13-31-23(33-17)26(4,5)6/h13-16H,11-12H2,1-10H3. The smallest absolute Gasteiger partial charge is 0.152 e. The van der Waals surface area contributed by atoms with Crippen LogP contribution in [0.4, 0.5) is 0 Å². The lowest BCUT2D eigenvalue weighted by molar-refractivity contribution is 0.377. The van der Waals surface area contributed by atoms with E-state index in [1.54, 1.807) is 34.0 Å². The largest absolute Gasteiger partial charge is 0.248 e. The molecule has 0 aliphatic carbocycles. The van der Waals surface area contributed by atoms with E-state index in [-0.39, 0.29) is 21.7 Å². The third kappa shape index (κ3) is 5.98. The van der Waals surface area contributed by atoms with Crippen molar-refractivity contribution in [1.29, 1.82) is 0 Å². The summed E-state index contributed by atoms with van der Waals surface area (Å²) in [5.41, 5.74) is 0.233. The van der Waals surface area contributed by atoms with Crippen molar-refractivity contribution in [2.45, 2.75) is 104 Å². The molecule has 4 aromatic heterocycles. The molecule has 0 atom stereocenters. The summed E-state index contributed by atoms with van der Waals surface area (Å²) in [6, 6.07) is 0. The van der Waals surface area contributed by atoms with Gasteiger partial charge in [-0.1, -0.05) is 69.2 Å². The van der Waals surface area contributed by atoms with Gasteiger partial charge in [0.25, 0.3) is 0 Å². The van der Waals surface area contributed by atoms with Crippen LogP contribution in [0, 0.1) is 0 Å². The van der Waals surface area contributed by atoms with Gasteiger partial charge in [-0.05, 0) is 18.3 Å². The van der Waals surface area contributed by atoms with E-state index in [1.165, 1.54) is 29.5 Å². The molecule has 0 saturated heterocycles. The van der Waals surface area contributed by atoms with Gasteiger partial charge in [-0.25, -0.2) is 19.9 Å². The van der Waals surface area contributed by atoms with E-state index in [0.717, 1.165) is 22.9 Å². The highest BCUT2D eigenvalue weighted by atomic mass is 32.1. The minimum absolute atomic E-state index is 0.00215. The number of rotatable bonds is 7. The van der Waals surface area contributed by atoms with E-state index < -0.39 is 0 Å². The third-order valence-corrected chi connectivity index (χ3v) is 12.4. The van der Waals surface area contributed by atoms with Crippen LogP contribution in [0.3, 0.4) is 0 Å². The molecule has 0 fully saturated rings. The van der Waals surface area contributed by atoms with Gasteiger partial charge in [0.2, 0.25) is 0 Å². The van der Waals surface area contributed by atoms with Gasteiger partial charge in [0.1, 0.15) is 0 Å².